The molecule has 2 N–H and O–H groups in total. The van der Waals surface area contributed by atoms with E-state index in [2.05, 4.69) is 5.32 Å². The van der Waals surface area contributed by atoms with Crippen molar-refractivity contribution in [2.24, 2.45) is 5.92 Å². The Balaban J connectivity index is 2.46. The SMILES string of the molecule is CCC(C(=O)NCC(C)CCC(=O)O)c1ccccc1. The molecule has 110 valence electrons. The summed E-state index contributed by atoms with van der Waals surface area (Å²) in [4.78, 5) is 22.7. The molecule has 0 spiro atoms. The first kappa shape index (κ1) is 16.2. The normalized spacial score (nSPS) is 13.5. The second kappa shape index (κ2) is 8.35. The smallest absolute Gasteiger partial charge is 0.303 e. The average Bonchev–Trinajstić information content (AvgIpc) is 2.45. The molecule has 20 heavy (non-hydrogen) atoms. The maximum absolute atomic E-state index is 12.2. The van der Waals surface area contributed by atoms with E-state index in [1.54, 1.807) is 0 Å². The van der Waals surface area contributed by atoms with Gasteiger partial charge in [0.05, 0.1) is 5.92 Å². The number of aliphatic carboxylic acids is 1. The fourth-order valence-corrected chi connectivity index (χ4v) is 2.13. The maximum Gasteiger partial charge on any atom is 0.303 e. The highest BCUT2D eigenvalue weighted by Gasteiger charge is 2.18. The van der Waals surface area contributed by atoms with Crippen LogP contribution >= 0.6 is 0 Å². The third-order valence-corrected chi connectivity index (χ3v) is 3.40. The van der Waals surface area contributed by atoms with E-state index in [1.165, 1.54) is 0 Å². The van der Waals surface area contributed by atoms with Gasteiger partial charge < -0.3 is 10.4 Å². The van der Waals surface area contributed by atoms with Crippen LogP contribution in [0.15, 0.2) is 30.3 Å². The number of carboxylic acid groups (broad SMARTS) is 1. The first-order valence-electron chi connectivity index (χ1n) is 7.09. The number of nitrogens with one attached hydrogen (secondary N) is 1. The van der Waals surface area contributed by atoms with E-state index in [4.69, 9.17) is 5.11 Å². The molecule has 0 aliphatic heterocycles. The van der Waals surface area contributed by atoms with Gasteiger partial charge in [-0.2, -0.15) is 0 Å². The lowest BCUT2D eigenvalue weighted by molar-refractivity contribution is -0.137. The van der Waals surface area contributed by atoms with Crippen molar-refractivity contribution in [3.05, 3.63) is 35.9 Å². The van der Waals surface area contributed by atoms with Crippen molar-refractivity contribution in [1.82, 2.24) is 5.32 Å². The predicted octanol–water partition coefficient (Wildman–Crippen LogP) is 2.80. The number of amides is 1. The molecule has 0 bridgehead atoms. The Morgan fingerprint density at radius 2 is 1.90 bits per heavy atom. The molecular weight excluding hydrogens is 254 g/mol. The van der Waals surface area contributed by atoms with E-state index in [9.17, 15) is 9.59 Å². The summed E-state index contributed by atoms with van der Waals surface area (Å²) in [6.45, 7) is 4.47. The topological polar surface area (TPSA) is 66.4 Å². The molecule has 1 rings (SSSR count). The summed E-state index contributed by atoms with van der Waals surface area (Å²) >= 11 is 0. The van der Waals surface area contributed by atoms with Crippen LogP contribution in [0.25, 0.3) is 0 Å². The molecule has 2 atom stereocenters. The van der Waals surface area contributed by atoms with Crippen LogP contribution in [0, 0.1) is 5.92 Å². The Labute approximate surface area is 120 Å². The van der Waals surface area contributed by atoms with Gasteiger partial charge in [0, 0.05) is 13.0 Å². The Morgan fingerprint density at radius 3 is 2.45 bits per heavy atom. The largest absolute Gasteiger partial charge is 0.481 e. The third-order valence-electron chi connectivity index (χ3n) is 3.40. The maximum atomic E-state index is 12.2. The van der Waals surface area contributed by atoms with Crippen LogP contribution in [0.5, 0.6) is 0 Å². The Morgan fingerprint density at radius 1 is 1.25 bits per heavy atom. The fraction of sp³-hybridized carbons (Fsp3) is 0.500. The second-order valence-electron chi connectivity index (χ2n) is 5.15. The van der Waals surface area contributed by atoms with Gasteiger partial charge >= 0.3 is 5.97 Å². The van der Waals surface area contributed by atoms with Gasteiger partial charge in [-0.05, 0) is 24.3 Å². The average molecular weight is 277 g/mol. The molecule has 0 heterocycles. The molecule has 1 aromatic rings. The lowest BCUT2D eigenvalue weighted by Gasteiger charge is -2.17. The minimum absolute atomic E-state index is 0.0147. The minimum Gasteiger partial charge on any atom is -0.481 e. The predicted molar refractivity (Wildman–Crippen MR) is 78.5 cm³/mol. The van der Waals surface area contributed by atoms with Gasteiger partial charge in [-0.15, -0.1) is 0 Å². The number of benzene rings is 1. The molecule has 4 nitrogen and oxygen atoms in total. The van der Waals surface area contributed by atoms with Crippen molar-refractivity contribution < 1.29 is 14.7 Å². The Kier molecular flexibility index (Phi) is 6.77. The molecule has 0 saturated heterocycles. The number of hydrogen-bond acceptors (Lipinski definition) is 2. The molecular formula is C16H23NO3. The summed E-state index contributed by atoms with van der Waals surface area (Å²) < 4.78 is 0. The number of carbonyl (C=O) groups is 2. The zero-order valence-electron chi connectivity index (χ0n) is 12.1. The third kappa shape index (κ3) is 5.43. The van der Waals surface area contributed by atoms with Gasteiger partial charge in [0.15, 0.2) is 0 Å². The summed E-state index contributed by atoms with van der Waals surface area (Å²) in [6.07, 6.45) is 1.48. The van der Waals surface area contributed by atoms with Crippen LogP contribution in [0.3, 0.4) is 0 Å². The van der Waals surface area contributed by atoms with Crippen LogP contribution in [-0.4, -0.2) is 23.5 Å². The summed E-state index contributed by atoms with van der Waals surface area (Å²) in [5.41, 5.74) is 1.02. The Bertz CT molecular complexity index is 431. The van der Waals surface area contributed by atoms with Gasteiger partial charge in [-0.25, -0.2) is 0 Å². The lowest BCUT2D eigenvalue weighted by atomic mass is 9.95. The summed E-state index contributed by atoms with van der Waals surface area (Å²) in [5.74, 6) is -0.744. The van der Waals surface area contributed by atoms with E-state index in [0.717, 1.165) is 12.0 Å². The van der Waals surface area contributed by atoms with Gasteiger partial charge in [0.25, 0.3) is 0 Å². The van der Waals surface area contributed by atoms with Crippen molar-refractivity contribution in [2.45, 2.75) is 39.0 Å². The Hall–Kier alpha value is -1.84. The molecule has 0 radical (unpaired) electrons. The first-order chi connectivity index (χ1) is 9.54. The zero-order valence-corrected chi connectivity index (χ0v) is 12.1. The standard InChI is InChI=1S/C16H23NO3/c1-3-14(13-7-5-4-6-8-13)16(20)17-11-12(2)9-10-15(18)19/h4-8,12,14H,3,9-11H2,1-2H3,(H,17,20)(H,18,19). The monoisotopic (exact) mass is 277 g/mol. The molecule has 1 amide bonds. The second-order valence-corrected chi connectivity index (χ2v) is 5.15. The van der Waals surface area contributed by atoms with E-state index < -0.39 is 5.97 Å². The van der Waals surface area contributed by atoms with E-state index in [0.29, 0.717) is 13.0 Å². The van der Waals surface area contributed by atoms with Gasteiger partial charge in [-0.1, -0.05) is 44.2 Å². The van der Waals surface area contributed by atoms with Gasteiger partial charge in [0.2, 0.25) is 5.91 Å². The van der Waals surface area contributed by atoms with Crippen LogP contribution in [0.4, 0.5) is 0 Å². The van der Waals surface area contributed by atoms with Crippen molar-refractivity contribution in [2.75, 3.05) is 6.54 Å². The molecule has 0 saturated carbocycles. The highest BCUT2D eigenvalue weighted by Crippen LogP contribution is 2.19. The van der Waals surface area contributed by atoms with Crippen LogP contribution in [0.1, 0.15) is 44.6 Å². The summed E-state index contributed by atoms with van der Waals surface area (Å²) in [5, 5.41) is 11.6. The van der Waals surface area contributed by atoms with Gasteiger partial charge in [-0.3, -0.25) is 9.59 Å². The zero-order chi connectivity index (χ0) is 15.0. The summed E-state index contributed by atoms with van der Waals surface area (Å²) in [7, 11) is 0. The highest BCUT2D eigenvalue weighted by atomic mass is 16.4. The molecule has 0 aromatic heterocycles. The van der Waals surface area contributed by atoms with Crippen LogP contribution in [0.2, 0.25) is 0 Å². The molecule has 0 aliphatic carbocycles. The van der Waals surface area contributed by atoms with Crippen LogP contribution in [-0.2, 0) is 9.59 Å². The number of hydrogen-bond donors (Lipinski definition) is 2. The summed E-state index contributed by atoms with van der Waals surface area (Å²) in [6, 6.07) is 9.72. The molecule has 2 unspecified atom stereocenters. The molecule has 0 fully saturated rings. The quantitative estimate of drug-likeness (QED) is 0.768. The van der Waals surface area contributed by atoms with Crippen molar-refractivity contribution in [1.29, 1.82) is 0 Å². The molecule has 4 heteroatoms. The van der Waals surface area contributed by atoms with E-state index in [1.807, 2.05) is 44.2 Å². The van der Waals surface area contributed by atoms with E-state index in [-0.39, 0.29) is 24.2 Å². The fourth-order valence-electron chi connectivity index (χ4n) is 2.13. The van der Waals surface area contributed by atoms with Crippen molar-refractivity contribution in [3.63, 3.8) is 0 Å². The first-order valence-corrected chi connectivity index (χ1v) is 7.09. The highest BCUT2D eigenvalue weighted by molar-refractivity contribution is 5.83. The number of rotatable bonds is 8. The number of carboxylic acids is 1. The minimum atomic E-state index is -0.793. The van der Waals surface area contributed by atoms with Crippen LogP contribution < -0.4 is 5.32 Å². The molecule has 1 aromatic carbocycles. The van der Waals surface area contributed by atoms with E-state index >= 15 is 0 Å². The van der Waals surface area contributed by atoms with Crippen molar-refractivity contribution >= 4 is 11.9 Å². The molecule has 0 aliphatic rings. The lowest BCUT2D eigenvalue weighted by Crippen LogP contribution is -2.32. The van der Waals surface area contributed by atoms with Gasteiger partial charge in [0.1, 0.15) is 0 Å². The number of carbonyl (C=O) groups excluding carboxylic acids is 1. The van der Waals surface area contributed by atoms with Crippen molar-refractivity contribution in [3.8, 4) is 0 Å².